The van der Waals surface area contributed by atoms with Gasteiger partial charge in [0.15, 0.2) is 11.5 Å². The minimum atomic E-state index is -0.205. The first-order valence-electron chi connectivity index (χ1n) is 7.30. The van der Waals surface area contributed by atoms with Crippen molar-refractivity contribution in [2.24, 2.45) is 7.05 Å². The number of hydrogen-bond acceptors (Lipinski definition) is 4. The Morgan fingerprint density at radius 3 is 2.26 bits per heavy atom. The van der Waals surface area contributed by atoms with Gasteiger partial charge in [0.2, 0.25) is 0 Å². The van der Waals surface area contributed by atoms with Crippen molar-refractivity contribution < 1.29 is 14.0 Å². The van der Waals surface area contributed by atoms with Gasteiger partial charge in [-0.05, 0) is 19.1 Å². The van der Waals surface area contributed by atoms with E-state index in [-0.39, 0.29) is 17.5 Å². The van der Waals surface area contributed by atoms with E-state index in [4.69, 9.17) is 16.0 Å². The Kier molecular flexibility index (Phi) is 4.12. The molecule has 0 N–H and O–H groups in total. The van der Waals surface area contributed by atoms with Gasteiger partial charge in [-0.3, -0.25) is 14.3 Å². The molecule has 23 heavy (non-hydrogen) atoms. The summed E-state index contributed by atoms with van der Waals surface area (Å²) in [4.78, 5) is 28.1. The van der Waals surface area contributed by atoms with E-state index < -0.39 is 0 Å². The van der Waals surface area contributed by atoms with Crippen molar-refractivity contribution >= 4 is 23.4 Å². The summed E-state index contributed by atoms with van der Waals surface area (Å²) in [6, 6.07) is 3.31. The van der Waals surface area contributed by atoms with Gasteiger partial charge >= 0.3 is 0 Å². The van der Waals surface area contributed by atoms with Crippen LogP contribution in [0.5, 0.6) is 0 Å². The molecule has 0 unspecified atom stereocenters. The fourth-order valence-corrected chi connectivity index (χ4v) is 2.78. The summed E-state index contributed by atoms with van der Waals surface area (Å²) in [7, 11) is 1.75. The number of piperazine rings is 1. The Labute approximate surface area is 138 Å². The predicted octanol–water partition coefficient (Wildman–Crippen LogP) is 1.57. The molecule has 7 nitrogen and oxygen atoms in total. The molecule has 122 valence electrons. The van der Waals surface area contributed by atoms with E-state index in [9.17, 15) is 9.59 Å². The molecule has 2 aromatic heterocycles. The molecule has 0 atom stereocenters. The molecule has 3 rings (SSSR count). The number of aryl methyl sites for hydroxylation is 1. The smallest absolute Gasteiger partial charge is 0.289 e. The summed E-state index contributed by atoms with van der Waals surface area (Å²) < 4.78 is 6.71. The highest BCUT2D eigenvalue weighted by atomic mass is 35.5. The van der Waals surface area contributed by atoms with Crippen LogP contribution in [-0.4, -0.2) is 57.6 Å². The highest BCUT2D eigenvalue weighted by Gasteiger charge is 2.29. The monoisotopic (exact) mass is 336 g/mol. The average Bonchev–Trinajstić information content (AvgIpc) is 3.19. The van der Waals surface area contributed by atoms with Gasteiger partial charge in [0, 0.05) is 33.2 Å². The van der Waals surface area contributed by atoms with Crippen LogP contribution in [0.4, 0.5) is 0 Å². The van der Waals surface area contributed by atoms with Crippen LogP contribution in [0.25, 0.3) is 0 Å². The molecule has 0 saturated carbocycles. The van der Waals surface area contributed by atoms with E-state index in [1.807, 2.05) is 6.92 Å². The van der Waals surface area contributed by atoms with Crippen LogP contribution < -0.4 is 0 Å². The van der Waals surface area contributed by atoms with Crippen LogP contribution in [-0.2, 0) is 7.05 Å². The van der Waals surface area contributed by atoms with Crippen LogP contribution in [0.1, 0.15) is 26.7 Å². The number of rotatable bonds is 2. The molecule has 0 radical (unpaired) electrons. The van der Waals surface area contributed by atoms with Gasteiger partial charge < -0.3 is 14.2 Å². The maximum atomic E-state index is 12.5. The lowest BCUT2D eigenvalue weighted by molar-refractivity contribution is 0.0515. The molecule has 0 aromatic carbocycles. The van der Waals surface area contributed by atoms with E-state index in [0.29, 0.717) is 37.0 Å². The summed E-state index contributed by atoms with van der Waals surface area (Å²) in [5.74, 6) is -0.0502. The molecule has 1 saturated heterocycles. The standard InChI is InChI=1S/C15H17ClN4O3/c1-10-12(16)13(17-18(10)2)15(22)20-7-5-19(6-8-20)14(21)11-4-3-9-23-11/h3-4,9H,5-8H2,1-2H3. The van der Waals surface area contributed by atoms with E-state index in [0.717, 1.165) is 5.69 Å². The molecular formula is C15H17ClN4O3. The zero-order valence-electron chi connectivity index (χ0n) is 13.0. The molecule has 1 aliphatic heterocycles. The fraction of sp³-hybridized carbons (Fsp3) is 0.400. The number of aromatic nitrogens is 2. The summed E-state index contributed by atoms with van der Waals surface area (Å²) >= 11 is 6.17. The summed E-state index contributed by atoms with van der Waals surface area (Å²) in [5, 5.41) is 4.56. The normalized spacial score (nSPS) is 15.1. The van der Waals surface area contributed by atoms with Crippen molar-refractivity contribution in [3.63, 3.8) is 0 Å². The van der Waals surface area contributed by atoms with E-state index in [2.05, 4.69) is 5.10 Å². The van der Waals surface area contributed by atoms with Crippen molar-refractivity contribution in [1.82, 2.24) is 19.6 Å². The first-order chi connectivity index (χ1) is 11.0. The van der Waals surface area contributed by atoms with Crippen LogP contribution in [0, 0.1) is 6.92 Å². The first kappa shape index (κ1) is 15.6. The molecule has 0 aliphatic carbocycles. The number of carbonyl (C=O) groups is 2. The van der Waals surface area contributed by atoms with Crippen LogP contribution >= 0.6 is 11.6 Å². The second kappa shape index (κ2) is 6.08. The van der Waals surface area contributed by atoms with E-state index in [1.54, 1.807) is 33.7 Å². The Balaban J connectivity index is 1.66. The van der Waals surface area contributed by atoms with Gasteiger partial charge in [-0.15, -0.1) is 0 Å². The van der Waals surface area contributed by atoms with E-state index in [1.165, 1.54) is 6.26 Å². The molecule has 1 fully saturated rings. The third-order valence-electron chi connectivity index (χ3n) is 4.05. The van der Waals surface area contributed by atoms with Crippen LogP contribution in [0.3, 0.4) is 0 Å². The van der Waals surface area contributed by atoms with E-state index >= 15 is 0 Å². The summed E-state index contributed by atoms with van der Waals surface area (Å²) in [6.07, 6.45) is 1.47. The lowest BCUT2D eigenvalue weighted by Gasteiger charge is -2.34. The van der Waals surface area contributed by atoms with Gasteiger partial charge in [0.1, 0.15) is 0 Å². The molecule has 3 heterocycles. The SMILES string of the molecule is Cc1c(Cl)c(C(=O)N2CCN(C(=O)c3ccco3)CC2)nn1C. The lowest BCUT2D eigenvalue weighted by atomic mass is 10.2. The van der Waals surface area contributed by atoms with Gasteiger partial charge in [-0.2, -0.15) is 5.10 Å². The fourth-order valence-electron chi connectivity index (χ4n) is 2.54. The average molecular weight is 337 g/mol. The number of carbonyl (C=O) groups excluding carboxylic acids is 2. The van der Waals surface area contributed by atoms with Crippen molar-refractivity contribution in [2.45, 2.75) is 6.92 Å². The highest BCUT2D eigenvalue weighted by Crippen LogP contribution is 2.21. The van der Waals surface area contributed by atoms with Crippen LogP contribution in [0.15, 0.2) is 22.8 Å². The third-order valence-corrected chi connectivity index (χ3v) is 4.50. The largest absolute Gasteiger partial charge is 0.459 e. The zero-order chi connectivity index (χ0) is 16.6. The van der Waals surface area contributed by atoms with Crippen molar-refractivity contribution in [3.8, 4) is 0 Å². The molecular weight excluding hydrogens is 320 g/mol. The quantitative estimate of drug-likeness (QED) is 0.834. The topological polar surface area (TPSA) is 71.6 Å². The molecule has 0 bridgehead atoms. The summed E-state index contributed by atoms with van der Waals surface area (Å²) in [6.45, 7) is 3.60. The van der Waals surface area contributed by atoms with Crippen LogP contribution in [0.2, 0.25) is 5.02 Å². The minimum Gasteiger partial charge on any atom is -0.459 e. The second-order valence-electron chi connectivity index (χ2n) is 5.43. The molecule has 2 amide bonds. The predicted molar refractivity (Wildman–Crippen MR) is 83.5 cm³/mol. The zero-order valence-corrected chi connectivity index (χ0v) is 13.7. The number of hydrogen-bond donors (Lipinski definition) is 0. The third kappa shape index (κ3) is 2.84. The highest BCUT2D eigenvalue weighted by molar-refractivity contribution is 6.34. The van der Waals surface area contributed by atoms with Gasteiger partial charge in [-0.25, -0.2) is 0 Å². The van der Waals surface area contributed by atoms with Crippen molar-refractivity contribution in [3.05, 3.63) is 40.6 Å². The molecule has 8 heteroatoms. The van der Waals surface area contributed by atoms with Gasteiger partial charge in [-0.1, -0.05) is 11.6 Å². The molecule has 0 spiro atoms. The van der Waals surface area contributed by atoms with Gasteiger partial charge in [0.25, 0.3) is 11.8 Å². The number of amides is 2. The maximum Gasteiger partial charge on any atom is 0.289 e. The Morgan fingerprint density at radius 2 is 1.78 bits per heavy atom. The number of nitrogens with zero attached hydrogens (tertiary/aromatic N) is 4. The summed E-state index contributed by atoms with van der Waals surface area (Å²) in [5.41, 5.74) is 1.01. The number of furan rings is 1. The minimum absolute atomic E-state index is 0.159. The maximum absolute atomic E-state index is 12.5. The second-order valence-corrected chi connectivity index (χ2v) is 5.81. The van der Waals surface area contributed by atoms with Gasteiger partial charge in [0.05, 0.1) is 17.0 Å². The first-order valence-corrected chi connectivity index (χ1v) is 7.68. The lowest BCUT2D eigenvalue weighted by Crippen LogP contribution is -2.50. The molecule has 2 aromatic rings. The molecule has 1 aliphatic rings. The Bertz CT molecular complexity index is 730. The van der Waals surface area contributed by atoms with Crippen molar-refractivity contribution in [1.29, 1.82) is 0 Å². The Morgan fingerprint density at radius 1 is 1.17 bits per heavy atom. The Hall–Kier alpha value is -2.28. The van der Waals surface area contributed by atoms with Crippen molar-refractivity contribution in [2.75, 3.05) is 26.2 Å². The number of halogens is 1.